The summed E-state index contributed by atoms with van der Waals surface area (Å²) in [6, 6.07) is 15.9. The maximum atomic E-state index is 13.6. The molecule has 2 aromatic carbocycles. The number of likely N-dealkylation sites (tertiary alicyclic amines) is 1. The van der Waals surface area contributed by atoms with E-state index in [1.54, 1.807) is 14.2 Å². The van der Waals surface area contributed by atoms with Crippen LogP contribution in [0.25, 0.3) is 0 Å². The maximum absolute atomic E-state index is 13.6. The Morgan fingerprint density at radius 3 is 2.45 bits per heavy atom. The summed E-state index contributed by atoms with van der Waals surface area (Å²) in [7, 11) is 3.35. The van der Waals surface area contributed by atoms with Crippen molar-refractivity contribution < 1.29 is 14.3 Å². The third-order valence-electron chi connectivity index (χ3n) is 5.85. The molecule has 1 aliphatic heterocycles. The van der Waals surface area contributed by atoms with Crippen LogP contribution in [-0.4, -0.2) is 49.6 Å². The zero-order valence-electron chi connectivity index (χ0n) is 17.9. The molecule has 5 nitrogen and oxygen atoms in total. The highest BCUT2D eigenvalue weighted by Gasteiger charge is 2.39. The van der Waals surface area contributed by atoms with Crippen LogP contribution in [0.5, 0.6) is 11.5 Å². The van der Waals surface area contributed by atoms with Crippen LogP contribution in [0, 0.1) is 0 Å². The van der Waals surface area contributed by atoms with Gasteiger partial charge in [0.05, 0.1) is 14.2 Å². The molecule has 1 heterocycles. The quantitative estimate of drug-likeness (QED) is 0.661. The molecule has 3 rings (SSSR count). The van der Waals surface area contributed by atoms with Crippen molar-refractivity contribution in [3.05, 3.63) is 59.7 Å². The molecule has 0 aromatic heterocycles. The first-order valence-electron chi connectivity index (χ1n) is 10.5. The van der Waals surface area contributed by atoms with Crippen LogP contribution in [0.2, 0.25) is 0 Å². The van der Waals surface area contributed by atoms with E-state index < -0.39 is 0 Å². The van der Waals surface area contributed by atoms with Crippen LogP contribution >= 0.6 is 0 Å². The molecule has 1 amide bonds. The number of ether oxygens (including phenoxy) is 2. The molecule has 0 spiro atoms. The van der Waals surface area contributed by atoms with Crippen molar-refractivity contribution in [2.24, 2.45) is 0 Å². The van der Waals surface area contributed by atoms with Gasteiger partial charge in [0.2, 0.25) is 5.91 Å². The van der Waals surface area contributed by atoms with Crippen LogP contribution in [0.3, 0.4) is 0 Å². The summed E-state index contributed by atoms with van der Waals surface area (Å²) in [6.45, 7) is 6.38. The van der Waals surface area contributed by atoms with Crippen molar-refractivity contribution in [1.29, 1.82) is 0 Å². The van der Waals surface area contributed by atoms with E-state index in [9.17, 15) is 4.79 Å². The van der Waals surface area contributed by atoms with Gasteiger partial charge in [-0.1, -0.05) is 36.4 Å². The van der Waals surface area contributed by atoms with Gasteiger partial charge in [-0.2, -0.15) is 0 Å². The highest BCUT2D eigenvalue weighted by Crippen LogP contribution is 2.43. The number of methoxy groups -OCH3 is 2. The Balaban J connectivity index is 2.02. The molecule has 2 atom stereocenters. The fourth-order valence-electron chi connectivity index (χ4n) is 4.35. The highest BCUT2D eigenvalue weighted by atomic mass is 16.5. The van der Waals surface area contributed by atoms with E-state index in [-0.39, 0.29) is 18.0 Å². The number of nitrogens with zero attached hydrogens (tertiary/aromatic N) is 2. The Kier molecular flexibility index (Phi) is 7.15. The van der Waals surface area contributed by atoms with E-state index in [2.05, 4.69) is 23.1 Å². The van der Waals surface area contributed by atoms with Crippen molar-refractivity contribution in [2.75, 3.05) is 33.9 Å². The lowest BCUT2D eigenvalue weighted by molar-refractivity contribution is -0.137. The van der Waals surface area contributed by atoms with E-state index in [4.69, 9.17) is 9.47 Å². The van der Waals surface area contributed by atoms with Crippen molar-refractivity contribution in [3.8, 4) is 11.5 Å². The van der Waals surface area contributed by atoms with Crippen molar-refractivity contribution >= 4 is 5.91 Å². The lowest BCUT2D eigenvalue weighted by atomic mass is 9.98. The monoisotopic (exact) mass is 396 g/mol. The Morgan fingerprint density at radius 2 is 1.83 bits per heavy atom. The van der Waals surface area contributed by atoms with Gasteiger partial charge in [0.1, 0.15) is 17.5 Å². The molecule has 0 aliphatic carbocycles. The second-order valence-corrected chi connectivity index (χ2v) is 7.33. The summed E-state index contributed by atoms with van der Waals surface area (Å²) in [4.78, 5) is 17.8. The van der Waals surface area contributed by atoms with Gasteiger partial charge in [0.25, 0.3) is 0 Å². The third kappa shape index (κ3) is 4.40. The largest absolute Gasteiger partial charge is 0.497 e. The normalized spacial score (nSPS) is 17.7. The van der Waals surface area contributed by atoms with E-state index in [0.29, 0.717) is 13.1 Å². The topological polar surface area (TPSA) is 42.0 Å². The predicted octanol–water partition coefficient (Wildman–Crippen LogP) is 4.45. The van der Waals surface area contributed by atoms with Crippen LogP contribution in [-0.2, 0) is 4.79 Å². The number of carbonyl (C=O) groups excluding carboxylic acids is 1. The summed E-state index contributed by atoms with van der Waals surface area (Å²) in [6.07, 6.45) is 2.05. The van der Waals surface area contributed by atoms with Gasteiger partial charge in [-0.25, -0.2) is 0 Å². The summed E-state index contributed by atoms with van der Waals surface area (Å²) in [5, 5.41) is 0. The predicted molar refractivity (Wildman–Crippen MR) is 115 cm³/mol. The number of likely N-dealkylation sites (N-methyl/N-ethyl adjacent to an activating group) is 1. The Labute approximate surface area is 174 Å². The fraction of sp³-hybridized carbons (Fsp3) is 0.458. The first-order chi connectivity index (χ1) is 14.1. The van der Waals surface area contributed by atoms with E-state index in [1.807, 2.05) is 49.1 Å². The number of hydrogen-bond acceptors (Lipinski definition) is 4. The summed E-state index contributed by atoms with van der Waals surface area (Å²) in [5.41, 5.74) is 2.16. The smallest absolute Gasteiger partial charge is 0.244 e. The van der Waals surface area contributed by atoms with Crippen LogP contribution < -0.4 is 9.47 Å². The van der Waals surface area contributed by atoms with Gasteiger partial charge >= 0.3 is 0 Å². The number of carbonyl (C=O) groups is 1. The molecule has 1 saturated heterocycles. The maximum Gasteiger partial charge on any atom is 0.244 e. The third-order valence-corrected chi connectivity index (χ3v) is 5.85. The standard InChI is InChI=1S/C24H32N2O3/c1-5-25(6-2)24(27)23(18-11-8-7-9-12-18)26-16-10-13-21(26)20-15-14-19(28-3)17-22(20)29-4/h7-9,11-12,14-15,17,21,23H,5-6,10,13,16H2,1-4H3/t21-,23-/m1/s1. The lowest BCUT2D eigenvalue weighted by Gasteiger charge is -2.36. The number of rotatable bonds is 8. The average molecular weight is 397 g/mol. The van der Waals surface area contributed by atoms with Gasteiger partial charge < -0.3 is 14.4 Å². The minimum Gasteiger partial charge on any atom is -0.497 e. The SMILES string of the molecule is CCN(CC)C(=O)[C@@H](c1ccccc1)N1CCC[C@@H]1c1ccc(OC)cc1OC. The zero-order valence-corrected chi connectivity index (χ0v) is 17.9. The summed E-state index contributed by atoms with van der Waals surface area (Å²) in [5.74, 6) is 1.75. The minimum atomic E-state index is -0.296. The van der Waals surface area contributed by atoms with Crippen molar-refractivity contribution in [1.82, 2.24) is 9.80 Å². The Bertz CT molecular complexity index is 805. The summed E-state index contributed by atoms with van der Waals surface area (Å²) >= 11 is 0. The average Bonchev–Trinajstić information content (AvgIpc) is 3.24. The molecule has 0 saturated carbocycles. The molecular weight excluding hydrogens is 364 g/mol. The molecule has 29 heavy (non-hydrogen) atoms. The molecule has 1 aliphatic rings. The van der Waals surface area contributed by atoms with Gasteiger partial charge in [0, 0.05) is 30.8 Å². The Hall–Kier alpha value is -2.53. The Morgan fingerprint density at radius 1 is 1.10 bits per heavy atom. The molecule has 2 aromatic rings. The van der Waals surface area contributed by atoms with Gasteiger partial charge in [-0.3, -0.25) is 9.69 Å². The first kappa shape index (κ1) is 21.2. The molecule has 0 radical (unpaired) electrons. The van der Waals surface area contributed by atoms with Gasteiger partial charge in [-0.15, -0.1) is 0 Å². The molecule has 1 fully saturated rings. The second kappa shape index (κ2) is 9.79. The van der Waals surface area contributed by atoms with Crippen LogP contribution in [0.15, 0.2) is 48.5 Å². The molecule has 156 valence electrons. The minimum absolute atomic E-state index is 0.126. The summed E-state index contributed by atoms with van der Waals surface area (Å²) < 4.78 is 11.0. The van der Waals surface area contributed by atoms with E-state index in [1.165, 1.54) is 0 Å². The van der Waals surface area contributed by atoms with E-state index >= 15 is 0 Å². The highest BCUT2D eigenvalue weighted by molar-refractivity contribution is 5.83. The number of benzene rings is 2. The molecule has 5 heteroatoms. The van der Waals surface area contributed by atoms with E-state index in [0.717, 1.165) is 42.0 Å². The second-order valence-electron chi connectivity index (χ2n) is 7.33. The zero-order chi connectivity index (χ0) is 20.8. The van der Waals surface area contributed by atoms with Crippen molar-refractivity contribution in [3.63, 3.8) is 0 Å². The molecule has 0 unspecified atom stereocenters. The van der Waals surface area contributed by atoms with Gasteiger partial charge in [-0.05, 0) is 44.9 Å². The number of amides is 1. The molecule has 0 bridgehead atoms. The molecule has 0 N–H and O–H groups in total. The number of hydrogen-bond donors (Lipinski definition) is 0. The fourth-order valence-corrected chi connectivity index (χ4v) is 4.35. The molecular formula is C24H32N2O3. The van der Waals surface area contributed by atoms with Crippen LogP contribution in [0.4, 0.5) is 0 Å². The van der Waals surface area contributed by atoms with Crippen LogP contribution in [0.1, 0.15) is 49.9 Å². The lowest BCUT2D eigenvalue weighted by Crippen LogP contribution is -2.42. The van der Waals surface area contributed by atoms with Crippen molar-refractivity contribution in [2.45, 2.75) is 38.8 Å². The first-order valence-corrected chi connectivity index (χ1v) is 10.5. The van der Waals surface area contributed by atoms with Gasteiger partial charge in [0.15, 0.2) is 0 Å².